The van der Waals surface area contributed by atoms with Crippen LogP contribution in [-0.4, -0.2) is 0 Å². The van der Waals surface area contributed by atoms with Crippen molar-refractivity contribution in [2.45, 2.75) is 122 Å². The molecule has 0 spiro atoms. The first-order valence-electron chi connectivity index (χ1n) is 34.1. The van der Waals surface area contributed by atoms with Crippen LogP contribution in [0, 0.1) is 5.92 Å². The molecule has 11 aromatic carbocycles. The second kappa shape index (κ2) is 19.4. The maximum absolute atomic E-state index is 2.77. The van der Waals surface area contributed by atoms with E-state index in [1.165, 1.54) is 129 Å². The van der Waals surface area contributed by atoms with Crippen molar-refractivity contribution in [3.8, 4) is 22.3 Å². The molecule has 460 valence electrons. The van der Waals surface area contributed by atoms with Crippen LogP contribution in [0.15, 0.2) is 254 Å². The molecule has 0 saturated carbocycles. The maximum Gasteiger partial charge on any atom is 0.0545 e. The number of allylic oxidation sites excluding steroid dienone is 4. The quantitative estimate of drug-likeness (QED) is 0.143. The van der Waals surface area contributed by atoms with E-state index < -0.39 is 16.2 Å². The van der Waals surface area contributed by atoms with Crippen LogP contribution in [0.3, 0.4) is 0 Å². The van der Waals surface area contributed by atoms with Crippen molar-refractivity contribution in [1.29, 1.82) is 0 Å². The van der Waals surface area contributed by atoms with E-state index in [9.17, 15) is 0 Å². The Labute approximate surface area is 555 Å². The zero-order valence-electron chi connectivity index (χ0n) is 56.2. The fourth-order valence-corrected chi connectivity index (χ4v) is 18.6. The lowest BCUT2D eigenvalue weighted by Crippen LogP contribution is -2.44. The molecular weight excluding hydrogens is 1140 g/mol. The molecule has 0 N–H and O–H groups in total. The van der Waals surface area contributed by atoms with Gasteiger partial charge in [0.05, 0.1) is 17.1 Å². The Hall–Kier alpha value is -9.90. The summed E-state index contributed by atoms with van der Waals surface area (Å²) in [6.07, 6.45) is 5.81. The minimum atomic E-state index is -0.483. The number of hydrogen-bond acceptors (Lipinski definition) is 4. The lowest BCUT2D eigenvalue weighted by Gasteiger charge is -2.55. The van der Waals surface area contributed by atoms with Gasteiger partial charge >= 0.3 is 0 Å². The van der Waals surface area contributed by atoms with E-state index in [2.05, 4.69) is 351 Å². The van der Waals surface area contributed by atoms with Crippen molar-refractivity contribution in [2.24, 2.45) is 5.92 Å². The minimum absolute atomic E-state index is 0.0420. The first-order chi connectivity index (χ1) is 45.2. The van der Waals surface area contributed by atoms with Gasteiger partial charge in [-0.15, -0.1) is 0 Å². The largest absolute Gasteiger partial charge is 0.314 e. The Balaban J connectivity index is 0.902. The predicted molar refractivity (Wildman–Crippen MR) is 394 cm³/mol. The topological polar surface area (TPSA) is 13.0 Å². The van der Waals surface area contributed by atoms with E-state index in [0.717, 1.165) is 40.5 Å². The number of anilines is 11. The highest BCUT2D eigenvalue weighted by atomic mass is 15.2. The SMILES string of the molecule is CC1(C)c2ccccc2-c2ccc(N(c3ccccc3)c3cc4c5c(c3)C(C)(C)c3cc(N(c6ccccc6)c6ccc7c(c6)C(C)(C)c6ccccc6-7)cc6c3N5c3c(cc(N(C5=CC=C7c8ccccc8C(C)(C)C7C5)c5ccccc5)cc3C6(C)C)C4(C)C)cc21. The van der Waals surface area contributed by atoms with Crippen molar-refractivity contribution in [1.82, 2.24) is 0 Å². The first kappa shape index (κ1) is 56.8. The summed E-state index contributed by atoms with van der Waals surface area (Å²) >= 11 is 0. The molecule has 3 heterocycles. The summed E-state index contributed by atoms with van der Waals surface area (Å²) in [5.41, 5.74) is 35.7. The van der Waals surface area contributed by atoms with Crippen LogP contribution in [-0.2, 0) is 32.5 Å². The van der Waals surface area contributed by atoms with Crippen LogP contribution in [0.1, 0.15) is 156 Å². The molecule has 4 nitrogen and oxygen atoms in total. The van der Waals surface area contributed by atoms with Gasteiger partial charge < -0.3 is 19.6 Å². The number of para-hydroxylation sites is 3. The van der Waals surface area contributed by atoms with Gasteiger partial charge in [-0.3, -0.25) is 0 Å². The second-order valence-electron chi connectivity index (χ2n) is 31.0. The Morgan fingerprint density at radius 2 is 0.574 bits per heavy atom. The lowest BCUT2D eigenvalue weighted by atomic mass is 9.60. The summed E-state index contributed by atoms with van der Waals surface area (Å²) < 4.78 is 0. The number of fused-ring (bicyclic) bond motifs is 9. The monoisotopic (exact) mass is 1220 g/mol. The molecule has 11 aromatic rings. The lowest BCUT2D eigenvalue weighted by molar-refractivity contribution is 0.406. The summed E-state index contributed by atoms with van der Waals surface area (Å²) in [4.78, 5) is 10.5. The summed E-state index contributed by atoms with van der Waals surface area (Å²) in [5, 5.41) is 0. The average molecular weight is 1220 g/mol. The maximum atomic E-state index is 2.77. The molecule has 7 aliphatic rings. The molecule has 94 heavy (non-hydrogen) atoms. The average Bonchev–Trinajstić information content (AvgIpc) is 1.01. The zero-order valence-corrected chi connectivity index (χ0v) is 56.2. The van der Waals surface area contributed by atoms with E-state index in [1.54, 1.807) is 0 Å². The van der Waals surface area contributed by atoms with Crippen molar-refractivity contribution in [2.75, 3.05) is 19.6 Å². The Kier molecular flexibility index (Phi) is 11.7. The zero-order chi connectivity index (χ0) is 64.3. The van der Waals surface area contributed by atoms with Gasteiger partial charge in [-0.05, 0) is 215 Å². The van der Waals surface area contributed by atoms with Crippen molar-refractivity contribution >= 4 is 68.1 Å². The second-order valence-corrected chi connectivity index (χ2v) is 31.0. The molecule has 0 bridgehead atoms. The van der Waals surface area contributed by atoms with E-state index in [4.69, 9.17) is 0 Å². The highest BCUT2D eigenvalue weighted by Gasteiger charge is 2.54. The molecule has 0 fully saturated rings. The van der Waals surface area contributed by atoms with E-state index >= 15 is 0 Å². The van der Waals surface area contributed by atoms with Crippen LogP contribution in [0.2, 0.25) is 0 Å². The van der Waals surface area contributed by atoms with Gasteiger partial charge in [0.2, 0.25) is 0 Å². The van der Waals surface area contributed by atoms with Crippen molar-refractivity contribution < 1.29 is 0 Å². The molecule has 18 rings (SSSR count). The number of nitrogens with zero attached hydrogens (tertiary/aromatic N) is 4. The molecule has 3 aliphatic heterocycles. The van der Waals surface area contributed by atoms with Crippen LogP contribution < -0.4 is 19.6 Å². The van der Waals surface area contributed by atoms with Gasteiger partial charge in [0.15, 0.2) is 0 Å². The third-order valence-electron chi connectivity index (χ3n) is 23.8. The van der Waals surface area contributed by atoms with Gasteiger partial charge in [-0.25, -0.2) is 0 Å². The number of rotatable bonds is 9. The third-order valence-corrected chi connectivity index (χ3v) is 23.8. The van der Waals surface area contributed by atoms with Crippen LogP contribution in [0.5, 0.6) is 0 Å². The van der Waals surface area contributed by atoms with Gasteiger partial charge in [-0.2, -0.15) is 0 Å². The standard InChI is InChI=1S/C90H80N4/c1-85(2)70-37-25-22-34-64(70)67-43-40-58(46-73(67)85)91(55-28-16-13-17-29-55)61-49-76-82-77(50-61)89(9,10)79-52-63(93(57-32-20-15-21-33-57)60-42-45-69-66-36-24-27-39-72(66)87(5,6)75(69)48-60)54-81-84(79)94(82)83-78(88(76,7)8)51-62(53-80(83)90(81,11)12)92(56-30-18-14-19-31-56)59-41-44-68-65-35-23-26-38-71(65)86(3,4)74(68)47-59/h13-47,49-54,75H,48H2,1-12H3. The molecule has 4 heteroatoms. The summed E-state index contributed by atoms with van der Waals surface area (Å²) in [6, 6.07) is 90.7. The highest BCUT2D eigenvalue weighted by molar-refractivity contribution is 6.02. The van der Waals surface area contributed by atoms with Crippen molar-refractivity contribution in [3.05, 3.63) is 321 Å². The fourth-order valence-electron chi connectivity index (χ4n) is 18.6. The Bertz CT molecular complexity index is 4880. The molecule has 0 amide bonds. The number of benzene rings is 11. The van der Waals surface area contributed by atoms with Gasteiger partial charge in [0.1, 0.15) is 0 Å². The third kappa shape index (κ3) is 7.63. The minimum Gasteiger partial charge on any atom is -0.314 e. The molecule has 1 unspecified atom stereocenters. The van der Waals surface area contributed by atoms with E-state index in [0.29, 0.717) is 5.92 Å². The summed E-state index contributed by atoms with van der Waals surface area (Å²) in [5.74, 6) is 0.323. The van der Waals surface area contributed by atoms with Gasteiger partial charge in [-0.1, -0.05) is 229 Å². The van der Waals surface area contributed by atoms with Crippen molar-refractivity contribution in [3.63, 3.8) is 0 Å². The van der Waals surface area contributed by atoms with E-state index in [1.807, 2.05) is 0 Å². The van der Waals surface area contributed by atoms with Crippen LogP contribution >= 0.6 is 0 Å². The summed E-state index contributed by atoms with van der Waals surface area (Å²) in [7, 11) is 0. The molecule has 0 aromatic heterocycles. The van der Waals surface area contributed by atoms with Crippen LogP contribution in [0.4, 0.5) is 62.6 Å². The number of hydrogen-bond donors (Lipinski definition) is 0. The predicted octanol–water partition coefficient (Wildman–Crippen LogP) is 24.0. The van der Waals surface area contributed by atoms with E-state index in [-0.39, 0.29) is 16.2 Å². The Morgan fingerprint density at radius 3 is 0.979 bits per heavy atom. The normalized spacial score (nSPS) is 18.5. The molecule has 1 atom stereocenters. The Morgan fingerprint density at radius 1 is 0.266 bits per heavy atom. The summed E-state index contributed by atoms with van der Waals surface area (Å²) in [6.45, 7) is 29.6. The molecular formula is C90H80N4. The highest BCUT2D eigenvalue weighted by Crippen LogP contribution is 2.69. The first-order valence-corrected chi connectivity index (χ1v) is 34.1. The van der Waals surface area contributed by atoms with Gasteiger partial charge in [0, 0.05) is 78.3 Å². The molecule has 4 aliphatic carbocycles. The van der Waals surface area contributed by atoms with Crippen LogP contribution in [0.25, 0.3) is 27.8 Å². The fraction of sp³-hybridized carbons (Fsp3) is 0.222. The molecule has 0 radical (unpaired) electrons. The molecule has 0 saturated heterocycles. The smallest absolute Gasteiger partial charge is 0.0545 e. The van der Waals surface area contributed by atoms with Gasteiger partial charge in [0.25, 0.3) is 0 Å².